The highest BCUT2D eigenvalue weighted by atomic mass is 16.5. The maximum atomic E-state index is 12.0. The number of aryl methyl sites for hydroxylation is 1. The van der Waals surface area contributed by atoms with Crippen molar-refractivity contribution in [2.24, 2.45) is 18.7 Å². The van der Waals surface area contributed by atoms with E-state index in [9.17, 15) is 4.79 Å². The Kier molecular flexibility index (Phi) is 5.14. The van der Waals surface area contributed by atoms with Crippen molar-refractivity contribution in [2.45, 2.75) is 44.2 Å². The molecule has 0 saturated heterocycles. The van der Waals surface area contributed by atoms with E-state index in [1.54, 1.807) is 24.2 Å². The van der Waals surface area contributed by atoms with Crippen LogP contribution in [-0.4, -0.2) is 34.9 Å². The van der Waals surface area contributed by atoms with E-state index in [1.165, 1.54) is 0 Å². The highest BCUT2D eigenvalue weighted by molar-refractivity contribution is 5.94. The number of anilines is 1. The van der Waals surface area contributed by atoms with Crippen LogP contribution in [0.4, 0.5) is 5.69 Å². The van der Waals surface area contributed by atoms with Gasteiger partial charge in [0.15, 0.2) is 0 Å². The van der Waals surface area contributed by atoms with E-state index in [4.69, 9.17) is 10.5 Å². The van der Waals surface area contributed by atoms with Crippen LogP contribution in [0.5, 0.6) is 0 Å². The molecule has 2 rings (SSSR count). The highest BCUT2D eigenvalue weighted by Gasteiger charge is 2.25. The Hall–Kier alpha value is -1.40. The van der Waals surface area contributed by atoms with Gasteiger partial charge in [-0.3, -0.25) is 9.48 Å². The van der Waals surface area contributed by atoms with E-state index in [2.05, 4.69) is 10.4 Å². The number of ether oxygens (including phenoxy) is 1. The second-order valence-electron chi connectivity index (χ2n) is 5.61. The maximum absolute atomic E-state index is 12.0. The maximum Gasteiger partial charge on any atom is 0.241 e. The summed E-state index contributed by atoms with van der Waals surface area (Å²) in [5.74, 6) is 0.392. The lowest BCUT2D eigenvalue weighted by atomic mass is 9.83. The summed E-state index contributed by atoms with van der Waals surface area (Å²) in [5.41, 5.74) is 6.69. The summed E-state index contributed by atoms with van der Waals surface area (Å²) in [6.07, 6.45) is 8.81. The standard InChI is InChI=1S/C14H24N4O2/c1-18-9-11(8-16-18)17-14(19)13(15)7-10-3-5-12(20-2)6-4-10/h8-10,12-13H,3-7,15H2,1-2H3,(H,17,19). The lowest BCUT2D eigenvalue weighted by molar-refractivity contribution is -0.117. The zero-order chi connectivity index (χ0) is 14.5. The van der Waals surface area contributed by atoms with Crippen molar-refractivity contribution in [3.8, 4) is 0 Å². The average molecular weight is 280 g/mol. The number of carbonyl (C=O) groups excluding carboxylic acids is 1. The first-order valence-electron chi connectivity index (χ1n) is 7.16. The molecule has 1 aliphatic rings. The number of rotatable bonds is 5. The van der Waals surface area contributed by atoms with Gasteiger partial charge in [-0.25, -0.2) is 0 Å². The van der Waals surface area contributed by atoms with Gasteiger partial charge in [0.2, 0.25) is 5.91 Å². The van der Waals surface area contributed by atoms with E-state index in [0.717, 1.165) is 32.1 Å². The monoisotopic (exact) mass is 280 g/mol. The Morgan fingerprint density at radius 3 is 2.80 bits per heavy atom. The number of nitrogens with two attached hydrogens (primary N) is 1. The molecule has 0 bridgehead atoms. The molecule has 0 aliphatic heterocycles. The molecule has 6 heteroatoms. The van der Waals surface area contributed by atoms with Gasteiger partial charge >= 0.3 is 0 Å². The number of nitrogens with one attached hydrogen (secondary N) is 1. The quantitative estimate of drug-likeness (QED) is 0.851. The van der Waals surface area contributed by atoms with Gasteiger partial charge in [-0.05, 0) is 38.0 Å². The van der Waals surface area contributed by atoms with Crippen LogP contribution in [0.2, 0.25) is 0 Å². The summed E-state index contributed by atoms with van der Waals surface area (Å²) in [6.45, 7) is 0. The van der Waals surface area contributed by atoms with Crippen LogP contribution < -0.4 is 11.1 Å². The summed E-state index contributed by atoms with van der Waals surface area (Å²) in [6, 6.07) is -0.459. The van der Waals surface area contributed by atoms with Gasteiger partial charge in [0.05, 0.1) is 24.0 Å². The third kappa shape index (κ3) is 4.05. The molecule has 1 aromatic heterocycles. The lowest BCUT2D eigenvalue weighted by Crippen LogP contribution is -2.38. The van der Waals surface area contributed by atoms with Gasteiger partial charge < -0.3 is 15.8 Å². The van der Waals surface area contributed by atoms with Crippen molar-refractivity contribution in [2.75, 3.05) is 12.4 Å². The first kappa shape index (κ1) is 15.0. The first-order chi connectivity index (χ1) is 9.58. The molecule has 1 heterocycles. The summed E-state index contributed by atoms with van der Waals surface area (Å²) in [7, 11) is 3.57. The smallest absolute Gasteiger partial charge is 0.241 e. The Bertz CT molecular complexity index is 438. The van der Waals surface area contributed by atoms with Crippen LogP contribution in [0.15, 0.2) is 12.4 Å². The second kappa shape index (κ2) is 6.85. The van der Waals surface area contributed by atoms with E-state index in [1.807, 2.05) is 7.05 Å². The van der Waals surface area contributed by atoms with Gasteiger partial charge in [-0.15, -0.1) is 0 Å². The summed E-state index contributed by atoms with van der Waals surface area (Å²) >= 11 is 0. The Morgan fingerprint density at radius 2 is 2.25 bits per heavy atom. The zero-order valence-electron chi connectivity index (χ0n) is 12.2. The number of amides is 1. The molecule has 1 fully saturated rings. The molecule has 6 nitrogen and oxygen atoms in total. The van der Waals surface area contributed by atoms with Crippen molar-refractivity contribution in [3.63, 3.8) is 0 Å². The Morgan fingerprint density at radius 1 is 1.55 bits per heavy atom. The Labute approximate surface area is 119 Å². The van der Waals surface area contributed by atoms with Crippen LogP contribution in [0, 0.1) is 5.92 Å². The zero-order valence-corrected chi connectivity index (χ0v) is 12.2. The van der Waals surface area contributed by atoms with E-state index in [-0.39, 0.29) is 5.91 Å². The minimum atomic E-state index is -0.459. The second-order valence-corrected chi connectivity index (χ2v) is 5.61. The summed E-state index contributed by atoms with van der Waals surface area (Å²) in [5, 5.41) is 6.81. The lowest BCUT2D eigenvalue weighted by Gasteiger charge is -2.28. The molecule has 1 saturated carbocycles. The van der Waals surface area contributed by atoms with E-state index in [0.29, 0.717) is 17.7 Å². The van der Waals surface area contributed by atoms with Gasteiger partial charge in [0, 0.05) is 20.4 Å². The topological polar surface area (TPSA) is 82.2 Å². The van der Waals surface area contributed by atoms with Crippen LogP contribution in [0.3, 0.4) is 0 Å². The first-order valence-corrected chi connectivity index (χ1v) is 7.16. The minimum Gasteiger partial charge on any atom is -0.381 e. The van der Waals surface area contributed by atoms with Crippen molar-refractivity contribution < 1.29 is 9.53 Å². The van der Waals surface area contributed by atoms with Crippen molar-refractivity contribution >= 4 is 11.6 Å². The predicted molar refractivity (Wildman–Crippen MR) is 77.2 cm³/mol. The van der Waals surface area contributed by atoms with Crippen LogP contribution in [0.1, 0.15) is 32.1 Å². The molecule has 20 heavy (non-hydrogen) atoms. The van der Waals surface area contributed by atoms with Crippen molar-refractivity contribution in [1.82, 2.24) is 9.78 Å². The molecule has 0 spiro atoms. The average Bonchev–Trinajstić information content (AvgIpc) is 2.85. The predicted octanol–water partition coefficient (Wildman–Crippen LogP) is 1.28. The number of hydrogen-bond donors (Lipinski definition) is 2. The molecule has 1 aromatic rings. The molecule has 0 radical (unpaired) electrons. The molecule has 1 aliphatic carbocycles. The fraction of sp³-hybridized carbons (Fsp3) is 0.714. The molecule has 1 unspecified atom stereocenters. The summed E-state index contributed by atoms with van der Waals surface area (Å²) < 4.78 is 7.00. The van der Waals surface area contributed by atoms with Gasteiger partial charge in [-0.2, -0.15) is 5.10 Å². The number of carbonyl (C=O) groups is 1. The number of methoxy groups -OCH3 is 1. The molecule has 1 amide bonds. The normalized spacial score (nSPS) is 24.4. The molecular formula is C14H24N4O2. The third-order valence-corrected chi connectivity index (χ3v) is 4.02. The molecule has 0 aromatic carbocycles. The van der Waals surface area contributed by atoms with Crippen molar-refractivity contribution in [3.05, 3.63) is 12.4 Å². The number of hydrogen-bond acceptors (Lipinski definition) is 4. The van der Waals surface area contributed by atoms with Crippen molar-refractivity contribution in [1.29, 1.82) is 0 Å². The van der Waals surface area contributed by atoms with Gasteiger partial charge in [0.25, 0.3) is 0 Å². The highest BCUT2D eigenvalue weighted by Crippen LogP contribution is 2.28. The number of nitrogens with zero attached hydrogens (tertiary/aromatic N) is 2. The van der Waals surface area contributed by atoms with E-state index < -0.39 is 6.04 Å². The largest absolute Gasteiger partial charge is 0.381 e. The van der Waals surface area contributed by atoms with Crippen LogP contribution in [0.25, 0.3) is 0 Å². The Balaban J connectivity index is 1.76. The fourth-order valence-corrected chi connectivity index (χ4v) is 2.79. The molecular weight excluding hydrogens is 256 g/mol. The van der Waals surface area contributed by atoms with E-state index >= 15 is 0 Å². The fourth-order valence-electron chi connectivity index (χ4n) is 2.79. The number of aromatic nitrogens is 2. The minimum absolute atomic E-state index is 0.133. The van der Waals surface area contributed by atoms with Gasteiger partial charge in [0.1, 0.15) is 0 Å². The SMILES string of the molecule is COC1CCC(CC(N)C(=O)Nc2cnn(C)c2)CC1. The van der Waals surface area contributed by atoms with Crippen LogP contribution in [-0.2, 0) is 16.6 Å². The van der Waals surface area contributed by atoms with Gasteiger partial charge in [-0.1, -0.05) is 0 Å². The summed E-state index contributed by atoms with van der Waals surface area (Å²) in [4.78, 5) is 12.0. The molecule has 1 atom stereocenters. The third-order valence-electron chi connectivity index (χ3n) is 4.02. The molecule has 112 valence electrons. The van der Waals surface area contributed by atoms with Crippen LogP contribution >= 0.6 is 0 Å². The molecule has 3 N–H and O–H groups in total.